The Hall–Kier alpha value is -0.0800. The Kier molecular flexibility index (Phi) is 4.20. The van der Waals surface area contributed by atoms with Gasteiger partial charge in [-0.2, -0.15) is 0 Å². The third-order valence-corrected chi connectivity index (χ3v) is 3.48. The molecule has 2 nitrogen and oxygen atoms in total. The van der Waals surface area contributed by atoms with Gasteiger partial charge in [-0.25, -0.2) is 0 Å². The summed E-state index contributed by atoms with van der Waals surface area (Å²) < 4.78 is 0. The lowest BCUT2D eigenvalue weighted by Gasteiger charge is -2.30. The molecule has 1 saturated heterocycles. The van der Waals surface area contributed by atoms with E-state index < -0.39 is 0 Å². The fraction of sp³-hybridized carbons (Fsp3) is 1.00. The van der Waals surface area contributed by atoms with Gasteiger partial charge in [0.25, 0.3) is 0 Å². The minimum atomic E-state index is 0.472. The molecule has 2 heteroatoms. The summed E-state index contributed by atoms with van der Waals surface area (Å²) in [5, 5.41) is 0. The van der Waals surface area contributed by atoms with Gasteiger partial charge >= 0.3 is 0 Å². The third kappa shape index (κ3) is 2.96. The summed E-state index contributed by atoms with van der Waals surface area (Å²) in [5.41, 5.74) is 6.39. The molecule has 0 bridgehead atoms. The summed E-state index contributed by atoms with van der Waals surface area (Å²) in [6.45, 7) is 5.64. The van der Waals surface area contributed by atoms with Gasteiger partial charge in [-0.1, -0.05) is 13.3 Å². The Morgan fingerprint density at radius 3 is 2.69 bits per heavy atom. The van der Waals surface area contributed by atoms with Crippen LogP contribution in [0, 0.1) is 5.41 Å². The molecule has 0 aromatic carbocycles. The fourth-order valence-corrected chi connectivity index (χ4v) is 2.48. The zero-order valence-electron chi connectivity index (χ0n) is 9.18. The lowest BCUT2D eigenvalue weighted by atomic mass is 9.77. The van der Waals surface area contributed by atoms with Gasteiger partial charge in [0.1, 0.15) is 0 Å². The molecule has 1 unspecified atom stereocenters. The topological polar surface area (TPSA) is 29.3 Å². The predicted molar refractivity (Wildman–Crippen MR) is 57.7 cm³/mol. The highest BCUT2D eigenvalue weighted by Gasteiger charge is 2.29. The number of nitrogens with two attached hydrogens (primary N) is 1. The Bertz CT molecular complexity index is 147. The van der Waals surface area contributed by atoms with Crippen LogP contribution in [0.3, 0.4) is 0 Å². The van der Waals surface area contributed by atoms with E-state index >= 15 is 0 Å². The van der Waals surface area contributed by atoms with Crippen molar-refractivity contribution in [3.63, 3.8) is 0 Å². The molecule has 1 heterocycles. The molecular formula is C11H24N2. The molecule has 0 spiro atoms. The standard InChI is InChI=1S/C11H24N2/c1-3-5-11(10-12)6-4-8-13(2)9-7-11/h3-10,12H2,1-2H3. The van der Waals surface area contributed by atoms with Crippen molar-refractivity contribution in [2.24, 2.45) is 11.1 Å². The van der Waals surface area contributed by atoms with Crippen molar-refractivity contribution >= 4 is 0 Å². The number of hydrogen-bond acceptors (Lipinski definition) is 2. The lowest BCUT2D eigenvalue weighted by Crippen LogP contribution is -2.31. The van der Waals surface area contributed by atoms with E-state index in [9.17, 15) is 0 Å². The zero-order valence-corrected chi connectivity index (χ0v) is 9.18. The number of likely N-dealkylation sites (tertiary alicyclic amines) is 1. The van der Waals surface area contributed by atoms with E-state index in [0.717, 1.165) is 6.54 Å². The monoisotopic (exact) mass is 184 g/mol. The Morgan fingerprint density at radius 2 is 2.08 bits per heavy atom. The molecule has 0 aromatic rings. The molecule has 13 heavy (non-hydrogen) atoms. The van der Waals surface area contributed by atoms with E-state index in [-0.39, 0.29) is 0 Å². The van der Waals surface area contributed by atoms with Crippen LogP contribution in [0.2, 0.25) is 0 Å². The van der Waals surface area contributed by atoms with Crippen LogP contribution in [-0.4, -0.2) is 31.6 Å². The molecule has 1 rings (SSSR count). The molecule has 2 N–H and O–H groups in total. The van der Waals surface area contributed by atoms with Crippen LogP contribution in [0.15, 0.2) is 0 Å². The molecule has 1 fully saturated rings. The first kappa shape index (κ1) is 11.0. The zero-order chi connectivity index (χ0) is 9.73. The largest absolute Gasteiger partial charge is 0.330 e. The summed E-state index contributed by atoms with van der Waals surface area (Å²) in [5.74, 6) is 0. The van der Waals surface area contributed by atoms with Crippen molar-refractivity contribution in [1.29, 1.82) is 0 Å². The Labute approximate surface area is 82.5 Å². The smallest absolute Gasteiger partial charge is 0.00160 e. The first-order chi connectivity index (χ1) is 6.22. The van der Waals surface area contributed by atoms with Crippen molar-refractivity contribution in [3.8, 4) is 0 Å². The number of nitrogens with zero attached hydrogens (tertiary/aromatic N) is 1. The second-order valence-corrected chi connectivity index (χ2v) is 4.61. The van der Waals surface area contributed by atoms with Gasteiger partial charge in [0.05, 0.1) is 0 Å². The van der Waals surface area contributed by atoms with E-state index in [4.69, 9.17) is 5.73 Å². The predicted octanol–water partition coefficient (Wildman–Crippen LogP) is 1.85. The van der Waals surface area contributed by atoms with Gasteiger partial charge in [0, 0.05) is 0 Å². The van der Waals surface area contributed by atoms with Crippen LogP contribution in [0.5, 0.6) is 0 Å². The lowest BCUT2D eigenvalue weighted by molar-refractivity contribution is 0.227. The van der Waals surface area contributed by atoms with E-state index in [1.54, 1.807) is 0 Å². The maximum Gasteiger partial charge on any atom is -0.00160 e. The van der Waals surface area contributed by atoms with Gasteiger partial charge < -0.3 is 10.6 Å². The molecule has 0 aromatic heterocycles. The van der Waals surface area contributed by atoms with E-state index in [2.05, 4.69) is 18.9 Å². The van der Waals surface area contributed by atoms with Crippen LogP contribution in [-0.2, 0) is 0 Å². The van der Waals surface area contributed by atoms with Gasteiger partial charge in [0.15, 0.2) is 0 Å². The van der Waals surface area contributed by atoms with E-state index in [1.165, 1.54) is 45.2 Å². The maximum atomic E-state index is 5.92. The fourth-order valence-electron chi connectivity index (χ4n) is 2.48. The molecule has 78 valence electrons. The van der Waals surface area contributed by atoms with Crippen molar-refractivity contribution in [3.05, 3.63) is 0 Å². The summed E-state index contributed by atoms with van der Waals surface area (Å²) >= 11 is 0. The highest BCUT2D eigenvalue weighted by Crippen LogP contribution is 2.34. The summed E-state index contributed by atoms with van der Waals surface area (Å²) in [6, 6.07) is 0. The molecule has 0 radical (unpaired) electrons. The minimum absolute atomic E-state index is 0.472. The van der Waals surface area contributed by atoms with Crippen LogP contribution in [0.25, 0.3) is 0 Å². The van der Waals surface area contributed by atoms with Crippen LogP contribution in [0.4, 0.5) is 0 Å². The molecule has 0 saturated carbocycles. The number of hydrogen-bond donors (Lipinski definition) is 1. The number of rotatable bonds is 3. The van der Waals surface area contributed by atoms with Gasteiger partial charge in [-0.05, 0) is 57.8 Å². The Morgan fingerprint density at radius 1 is 1.31 bits per heavy atom. The second-order valence-electron chi connectivity index (χ2n) is 4.61. The van der Waals surface area contributed by atoms with E-state index in [0.29, 0.717) is 5.41 Å². The Balaban J connectivity index is 2.53. The third-order valence-electron chi connectivity index (χ3n) is 3.48. The maximum absolute atomic E-state index is 5.92. The summed E-state index contributed by atoms with van der Waals surface area (Å²) in [7, 11) is 2.22. The molecule has 1 aliphatic rings. The highest BCUT2D eigenvalue weighted by molar-refractivity contribution is 4.83. The molecular weight excluding hydrogens is 160 g/mol. The first-order valence-corrected chi connectivity index (χ1v) is 5.61. The molecule has 1 atom stereocenters. The van der Waals surface area contributed by atoms with Gasteiger partial charge in [-0.3, -0.25) is 0 Å². The van der Waals surface area contributed by atoms with Crippen molar-refractivity contribution in [2.75, 3.05) is 26.7 Å². The summed E-state index contributed by atoms with van der Waals surface area (Å²) in [4.78, 5) is 2.44. The average Bonchev–Trinajstić information content (AvgIpc) is 2.30. The van der Waals surface area contributed by atoms with Gasteiger partial charge in [-0.15, -0.1) is 0 Å². The van der Waals surface area contributed by atoms with Crippen molar-refractivity contribution < 1.29 is 0 Å². The van der Waals surface area contributed by atoms with Crippen LogP contribution >= 0.6 is 0 Å². The molecule has 0 amide bonds. The minimum Gasteiger partial charge on any atom is -0.330 e. The summed E-state index contributed by atoms with van der Waals surface area (Å²) in [6.07, 6.45) is 6.56. The average molecular weight is 184 g/mol. The van der Waals surface area contributed by atoms with Crippen LogP contribution in [0.1, 0.15) is 39.0 Å². The quantitative estimate of drug-likeness (QED) is 0.725. The van der Waals surface area contributed by atoms with E-state index in [1.807, 2.05) is 0 Å². The molecule has 0 aliphatic carbocycles. The second kappa shape index (κ2) is 4.97. The normalized spacial score (nSPS) is 31.6. The van der Waals surface area contributed by atoms with Crippen molar-refractivity contribution in [2.45, 2.75) is 39.0 Å². The molecule has 1 aliphatic heterocycles. The highest BCUT2D eigenvalue weighted by atomic mass is 15.1. The van der Waals surface area contributed by atoms with Crippen molar-refractivity contribution in [1.82, 2.24) is 4.90 Å². The van der Waals surface area contributed by atoms with Crippen LogP contribution < -0.4 is 5.73 Å². The SMILES string of the molecule is CCCC1(CN)CCCN(C)CC1. The first-order valence-electron chi connectivity index (χ1n) is 5.61. The van der Waals surface area contributed by atoms with Gasteiger partial charge in [0.2, 0.25) is 0 Å².